The number of hydrogen-bond acceptors (Lipinski definition) is 8. The van der Waals surface area contributed by atoms with Crippen molar-refractivity contribution in [1.29, 1.82) is 0 Å². The molecule has 180 valence electrons. The number of anilines is 3. The summed E-state index contributed by atoms with van der Waals surface area (Å²) in [7, 11) is 4.18. The number of hydrogen-bond donors (Lipinski definition) is 2. The van der Waals surface area contributed by atoms with E-state index in [1.54, 1.807) is 28.9 Å². The van der Waals surface area contributed by atoms with E-state index >= 15 is 0 Å². The SMILES string of the molecule is C[C@H](Nc1cc(-c2c(N)nn3cccnc23)nc(N2CCC(N(C)C)C2)n1)c1ccc(F)cc1.[HH].[HH]. The van der Waals surface area contributed by atoms with E-state index in [2.05, 4.69) is 39.3 Å². The molecule has 4 aromatic rings. The third-order valence-electron chi connectivity index (χ3n) is 6.30. The minimum Gasteiger partial charge on any atom is -0.382 e. The van der Waals surface area contributed by atoms with E-state index < -0.39 is 0 Å². The van der Waals surface area contributed by atoms with Gasteiger partial charge in [-0.2, -0.15) is 4.98 Å². The summed E-state index contributed by atoms with van der Waals surface area (Å²) in [6.07, 6.45) is 4.55. The van der Waals surface area contributed by atoms with Crippen LogP contribution in [0.3, 0.4) is 0 Å². The summed E-state index contributed by atoms with van der Waals surface area (Å²) in [6.45, 7) is 3.71. The molecule has 2 atom stereocenters. The van der Waals surface area contributed by atoms with E-state index in [1.807, 2.05) is 19.2 Å². The lowest BCUT2D eigenvalue weighted by Crippen LogP contribution is -2.32. The molecule has 9 nitrogen and oxygen atoms in total. The van der Waals surface area contributed by atoms with Crippen LogP contribution in [0.15, 0.2) is 48.8 Å². The fourth-order valence-electron chi connectivity index (χ4n) is 4.33. The molecule has 4 heterocycles. The van der Waals surface area contributed by atoms with E-state index in [0.717, 1.165) is 25.1 Å². The second-order valence-corrected chi connectivity index (χ2v) is 8.86. The molecule has 0 aliphatic carbocycles. The highest BCUT2D eigenvalue weighted by Crippen LogP contribution is 2.32. The number of nitrogens with zero attached hydrogens (tertiary/aromatic N) is 7. The van der Waals surface area contributed by atoms with Crippen molar-refractivity contribution >= 4 is 23.2 Å². The number of nitrogen functional groups attached to an aromatic ring is 1. The van der Waals surface area contributed by atoms with Crippen molar-refractivity contribution in [2.75, 3.05) is 43.1 Å². The number of aromatic nitrogens is 5. The van der Waals surface area contributed by atoms with Crippen LogP contribution in [0.1, 0.15) is 27.8 Å². The molecule has 0 saturated carbocycles. The van der Waals surface area contributed by atoms with E-state index in [4.69, 9.17) is 15.7 Å². The Morgan fingerprint density at radius 2 is 2.03 bits per heavy atom. The third-order valence-corrected chi connectivity index (χ3v) is 6.30. The Morgan fingerprint density at radius 3 is 2.76 bits per heavy atom. The summed E-state index contributed by atoms with van der Waals surface area (Å²) in [5, 5.41) is 7.84. The van der Waals surface area contributed by atoms with Gasteiger partial charge in [-0.1, -0.05) is 12.1 Å². The zero-order valence-corrected chi connectivity index (χ0v) is 19.5. The first-order valence-electron chi connectivity index (χ1n) is 11.3. The normalized spacial score (nSPS) is 17.0. The van der Waals surface area contributed by atoms with Gasteiger partial charge in [0.2, 0.25) is 5.95 Å². The zero-order chi connectivity index (χ0) is 23.8. The first-order chi connectivity index (χ1) is 16.4. The molecule has 1 saturated heterocycles. The van der Waals surface area contributed by atoms with Crippen molar-refractivity contribution in [3.8, 4) is 11.3 Å². The van der Waals surface area contributed by atoms with Gasteiger partial charge >= 0.3 is 0 Å². The Morgan fingerprint density at radius 1 is 1.24 bits per heavy atom. The van der Waals surface area contributed by atoms with Crippen molar-refractivity contribution in [2.45, 2.75) is 25.4 Å². The number of nitrogens with two attached hydrogens (primary N) is 1. The lowest BCUT2D eigenvalue weighted by atomic mass is 10.1. The molecule has 0 radical (unpaired) electrons. The van der Waals surface area contributed by atoms with Crippen molar-refractivity contribution < 1.29 is 7.24 Å². The van der Waals surface area contributed by atoms with Gasteiger partial charge in [-0.25, -0.2) is 18.9 Å². The molecular formula is C24H32FN9. The maximum absolute atomic E-state index is 13.4. The lowest BCUT2D eigenvalue weighted by Gasteiger charge is -2.22. The fourth-order valence-corrected chi connectivity index (χ4v) is 4.33. The van der Waals surface area contributed by atoms with Gasteiger partial charge in [0.15, 0.2) is 11.5 Å². The Labute approximate surface area is 200 Å². The van der Waals surface area contributed by atoms with Gasteiger partial charge < -0.3 is 20.9 Å². The molecule has 3 aromatic heterocycles. The average molecular weight is 466 g/mol. The molecule has 0 spiro atoms. The van der Waals surface area contributed by atoms with Crippen molar-refractivity contribution in [2.24, 2.45) is 0 Å². The molecule has 0 amide bonds. The standard InChI is InChI=1S/C24H28FN9.2H2/c1-15(16-5-7-17(25)8-6-16)28-20-13-19(21-22(26)31-34-11-4-10-27-23(21)34)29-24(30-20)33-12-9-18(14-33)32(2)3;;/h4-8,10-11,13,15,18H,9,12,14H2,1-3H3,(H2,26,31)(H,28,29,30);2*1H/t15-,18?;;/m0../s1. The molecule has 1 unspecified atom stereocenters. The summed E-state index contributed by atoms with van der Waals surface area (Å²) in [5.41, 5.74) is 9.21. The van der Waals surface area contributed by atoms with Crippen molar-refractivity contribution in [3.05, 3.63) is 60.2 Å². The van der Waals surface area contributed by atoms with Gasteiger partial charge in [-0.05, 0) is 51.2 Å². The van der Waals surface area contributed by atoms with E-state index in [-0.39, 0.29) is 14.7 Å². The predicted molar refractivity (Wildman–Crippen MR) is 135 cm³/mol. The van der Waals surface area contributed by atoms with Crippen LogP contribution in [-0.2, 0) is 0 Å². The van der Waals surface area contributed by atoms with Crippen LogP contribution >= 0.6 is 0 Å². The molecule has 1 aromatic carbocycles. The van der Waals surface area contributed by atoms with E-state index in [9.17, 15) is 4.39 Å². The molecule has 1 fully saturated rings. The molecule has 3 N–H and O–H groups in total. The minimum absolute atomic E-state index is 0. The fraction of sp³-hybridized carbons (Fsp3) is 0.333. The topological polar surface area (TPSA) is 100 Å². The number of benzene rings is 1. The minimum atomic E-state index is -0.261. The Kier molecular flexibility index (Phi) is 5.74. The van der Waals surface area contributed by atoms with Gasteiger partial charge in [0.05, 0.1) is 11.3 Å². The summed E-state index contributed by atoms with van der Waals surface area (Å²) >= 11 is 0. The summed E-state index contributed by atoms with van der Waals surface area (Å²) in [4.78, 5) is 18.6. The Bertz CT molecular complexity index is 1310. The van der Waals surface area contributed by atoms with Crippen LogP contribution in [0.25, 0.3) is 16.9 Å². The monoisotopic (exact) mass is 465 g/mol. The highest BCUT2D eigenvalue weighted by atomic mass is 19.1. The molecule has 1 aliphatic heterocycles. The predicted octanol–water partition coefficient (Wildman–Crippen LogP) is 3.71. The van der Waals surface area contributed by atoms with E-state index in [0.29, 0.717) is 40.5 Å². The first-order valence-corrected chi connectivity index (χ1v) is 11.3. The largest absolute Gasteiger partial charge is 0.382 e. The molecule has 34 heavy (non-hydrogen) atoms. The van der Waals surface area contributed by atoms with Crippen molar-refractivity contribution in [1.82, 2.24) is 29.5 Å². The lowest BCUT2D eigenvalue weighted by molar-refractivity contribution is 0.315. The first kappa shape index (κ1) is 22.0. The third kappa shape index (κ3) is 4.24. The Hall–Kier alpha value is -3.79. The summed E-state index contributed by atoms with van der Waals surface area (Å²) in [5.74, 6) is 1.38. The highest BCUT2D eigenvalue weighted by molar-refractivity contribution is 5.85. The molecule has 10 heteroatoms. The second-order valence-electron chi connectivity index (χ2n) is 8.86. The molecular weight excluding hydrogens is 433 g/mol. The second kappa shape index (κ2) is 8.86. The Balaban J connectivity index is 0.00000180. The van der Waals surface area contributed by atoms with Crippen LogP contribution in [0.2, 0.25) is 0 Å². The smallest absolute Gasteiger partial charge is 0.227 e. The van der Waals surface area contributed by atoms with Crippen LogP contribution in [0, 0.1) is 5.82 Å². The maximum Gasteiger partial charge on any atom is 0.227 e. The van der Waals surface area contributed by atoms with E-state index in [1.165, 1.54) is 12.1 Å². The summed E-state index contributed by atoms with van der Waals surface area (Å²) < 4.78 is 15.0. The van der Waals surface area contributed by atoms with Gasteiger partial charge in [0, 0.05) is 46.5 Å². The van der Waals surface area contributed by atoms with Crippen LogP contribution in [0.5, 0.6) is 0 Å². The number of fused-ring (bicyclic) bond motifs is 1. The van der Waals surface area contributed by atoms with Gasteiger partial charge in [0.25, 0.3) is 0 Å². The summed E-state index contributed by atoms with van der Waals surface area (Å²) in [6, 6.07) is 10.5. The molecule has 5 rings (SSSR count). The average Bonchev–Trinajstić information content (AvgIpc) is 3.44. The molecule has 0 bridgehead atoms. The van der Waals surface area contributed by atoms with Gasteiger partial charge in [0.1, 0.15) is 11.6 Å². The highest BCUT2D eigenvalue weighted by Gasteiger charge is 2.27. The van der Waals surface area contributed by atoms with Crippen LogP contribution in [-0.4, -0.2) is 62.7 Å². The van der Waals surface area contributed by atoms with Crippen LogP contribution in [0.4, 0.5) is 22.0 Å². The number of halogens is 1. The van der Waals surface area contributed by atoms with Crippen LogP contribution < -0.4 is 16.0 Å². The maximum atomic E-state index is 13.4. The number of rotatable bonds is 6. The quantitative estimate of drug-likeness (QED) is 0.444. The van der Waals surface area contributed by atoms with Gasteiger partial charge in [-0.15, -0.1) is 5.10 Å². The van der Waals surface area contributed by atoms with Crippen molar-refractivity contribution in [3.63, 3.8) is 0 Å². The van der Waals surface area contributed by atoms with Gasteiger partial charge in [-0.3, -0.25) is 0 Å². The number of likely N-dealkylation sites (N-methyl/N-ethyl adjacent to an activating group) is 1. The molecule has 1 aliphatic rings. The number of nitrogens with one attached hydrogen (secondary N) is 1. The zero-order valence-electron chi connectivity index (χ0n) is 19.5.